The molecule has 0 saturated carbocycles. The summed E-state index contributed by atoms with van der Waals surface area (Å²) in [4.78, 5) is 22.5. The molecule has 1 amide bonds. The van der Waals surface area contributed by atoms with E-state index in [1.807, 2.05) is 0 Å². The van der Waals surface area contributed by atoms with Gasteiger partial charge in [-0.15, -0.1) is 0 Å². The molecule has 1 heterocycles. The van der Waals surface area contributed by atoms with Gasteiger partial charge < -0.3 is 9.73 Å². The minimum absolute atomic E-state index is 0.0965. The van der Waals surface area contributed by atoms with Crippen molar-refractivity contribution in [3.63, 3.8) is 0 Å². The Balaban J connectivity index is 1.72. The van der Waals surface area contributed by atoms with E-state index >= 15 is 0 Å². The lowest BCUT2D eigenvalue weighted by molar-refractivity contribution is -0.384. The highest BCUT2D eigenvalue weighted by Crippen LogP contribution is 2.29. The number of benzene rings is 2. The number of nitrogens with zero attached hydrogens (tertiary/aromatic N) is 1. The Labute approximate surface area is 170 Å². The molecule has 0 unspecified atom stereocenters. The first kappa shape index (κ1) is 19.7. The number of nitrogens with one attached hydrogen (secondary N) is 1. The van der Waals surface area contributed by atoms with Crippen LogP contribution in [0.2, 0.25) is 10.0 Å². The van der Waals surface area contributed by atoms with E-state index in [1.54, 1.807) is 43.3 Å². The number of furan rings is 1. The number of halogens is 2. The van der Waals surface area contributed by atoms with Crippen LogP contribution in [0.3, 0.4) is 0 Å². The van der Waals surface area contributed by atoms with E-state index in [9.17, 15) is 14.9 Å². The Morgan fingerprint density at radius 2 is 1.82 bits per heavy atom. The molecule has 3 aromatic rings. The van der Waals surface area contributed by atoms with Crippen molar-refractivity contribution >= 4 is 46.6 Å². The molecule has 2 aromatic carbocycles. The summed E-state index contributed by atoms with van der Waals surface area (Å²) in [6.07, 6.45) is 2.78. The first-order valence-corrected chi connectivity index (χ1v) is 8.88. The van der Waals surface area contributed by atoms with E-state index in [1.165, 1.54) is 24.3 Å². The molecule has 0 atom stereocenters. The van der Waals surface area contributed by atoms with Crippen LogP contribution in [0.25, 0.3) is 17.4 Å². The van der Waals surface area contributed by atoms with Gasteiger partial charge >= 0.3 is 0 Å². The quantitative estimate of drug-likeness (QED) is 0.308. The summed E-state index contributed by atoms with van der Waals surface area (Å²) in [6, 6.07) is 12.8. The fourth-order valence-electron chi connectivity index (χ4n) is 2.48. The van der Waals surface area contributed by atoms with Crippen LogP contribution in [-0.4, -0.2) is 10.8 Å². The average molecular weight is 417 g/mol. The van der Waals surface area contributed by atoms with Crippen molar-refractivity contribution in [1.29, 1.82) is 0 Å². The number of rotatable bonds is 5. The van der Waals surface area contributed by atoms with Crippen LogP contribution in [0.4, 0.5) is 11.4 Å². The van der Waals surface area contributed by atoms with Crippen LogP contribution < -0.4 is 5.32 Å². The summed E-state index contributed by atoms with van der Waals surface area (Å²) in [7, 11) is 0. The predicted octanol–water partition coefficient (Wildman–Crippen LogP) is 6.12. The Morgan fingerprint density at radius 1 is 1.11 bits per heavy atom. The van der Waals surface area contributed by atoms with Crippen molar-refractivity contribution < 1.29 is 14.1 Å². The van der Waals surface area contributed by atoms with Gasteiger partial charge in [-0.05, 0) is 48.9 Å². The number of amides is 1. The molecule has 142 valence electrons. The molecule has 0 aliphatic carbocycles. The lowest BCUT2D eigenvalue weighted by atomic mass is 10.2. The highest BCUT2D eigenvalue weighted by atomic mass is 35.5. The van der Waals surface area contributed by atoms with Gasteiger partial charge in [0.15, 0.2) is 0 Å². The zero-order chi connectivity index (χ0) is 20.3. The van der Waals surface area contributed by atoms with Crippen molar-refractivity contribution in [3.8, 4) is 11.3 Å². The van der Waals surface area contributed by atoms with Crippen LogP contribution in [0.1, 0.15) is 11.3 Å². The first-order valence-electron chi connectivity index (χ1n) is 8.12. The summed E-state index contributed by atoms with van der Waals surface area (Å²) >= 11 is 12.0. The Morgan fingerprint density at radius 3 is 2.50 bits per heavy atom. The normalized spacial score (nSPS) is 11.0. The number of non-ortho nitro benzene ring substituents is 1. The molecule has 0 radical (unpaired) electrons. The van der Waals surface area contributed by atoms with E-state index in [2.05, 4.69) is 5.32 Å². The summed E-state index contributed by atoms with van der Waals surface area (Å²) in [5.74, 6) is 0.573. The highest BCUT2D eigenvalue weighted by molar-refractivity contribution is 6.35. The molecule has 1 aromatic heterocycles. The molecule has 0 aliphatic rings. The van der Waals surface area contributed by atoms with E-state index < -0.39 is 10.8 Å². The van der Waals surface area contributed by atoms with Gasteiger partial charge in [0.25, 0.3) is 5.69 Å². The van der Waals surface area contributed by atoms with Crippen molar-refractivity contribution in [2.45, 2.75) is 6.92 Å². The van der Waals surface area contributed by atoms with Crippen LogP contribution >= 0.6 is 23.2 Å². The third-order valence-corrected chi connectivity index (χ3v) is 4.30. The Kier molecular flexibility index (Phi) is 5.82. The number of nitro groups is 1. The number of carbonyl (C=O) groups is 1. The molecular formula is C20H14Cl2N2O4. The monoisotopic (exact) mass is 416 g/mol. The van der Waals surface area contributed by atoms with Crippen molar-refractivity contribution in [2.24, 2.45) is 0 Å². The SMILES string of the molecule is Cc1ccc([N+](=O)[O-])cc1NC(=O)/C=C/c1ccc(-c2cc(Cl)cc(Cl)c2)o1. The fraction of sp³-hybridized carbons (Fsp3) is 0.0500. The Hall–Kier alpha value is -3.09. The topological polar surface area (TPSA) is 85.4 Å². The maximum atomic E-state index is 12.1. The van der Waals surface area contributed by atoms with Crippen LogP contribution in [0.5, 0.6) is 0 Å². The number of hydrogen-bond acceptors (Lipinski definition) is 4. The van der Waals surface area contributed by atoms with E-state index in [0.717, 1.165) is 0 Å². The van der Waals surface area contributed by atoms with Gasteiger partial charge in [0.1, 0.15) is 11.5 Å². The minimum Gasteiger partial charge on any atom is -0.457 e. The van der Waals surface area contributed by atoms with Gasteiger partial charge in [0.2, 0.25) is 5.91 Å². The molecule has 0 aliphatic heterocycles. The van der Waals surface area contributed by atoms with Crippen LogP contribution in [0.15, 0.2) is 59.0 Å². The van der Waals surface area contributed by atoms with Crippen LogP contribution in [0, 0.1) is 17.0 Å². The van der Waals surface area contributed by atoms with E-state index in [-0.39, 0.29) is 5.69 Å². The lowest BCUT2D eigenvalue weighted by Gasteiger charge is -2.05. The number of aryl methyl sites for hydroxylation is 1. The molecule has 8 heteroatoms. The second kappa shape index (κ2) is 8.29. The van der Waals surface area contributed by atoms with Gasteiger partial charge in [-0.3, -0.25) is 14.9 Å². The molecule has 6 nitrogen and oxygen atoms in total. The van der Waals surface area contributed by atoms with Crippen molar-refractivity contribution in [2.75, 3.05) is 5.32 Å². The zero-order valence-corrected chi connectivity index (χ0v) is 16.1. The molecule has 0 bridgehead atoms. The third kappa shape index (κ3) is 4.79. The van der Waals surface area contributed by atoms with Gasteiger partial charge in [0, 0.05) is 33.8 Å². The zero-order valence-electron chi connectivity index (χ0n) is 14.6. The smallest absolute Gasteiger partial charge is 0.271 e. The van der Waals surface area contributed by atoms with Crippen molar-refractivity contribution in [1.82, 2.24) is 0 Å². The Bertz CT molecular complexity index is 1070. The van der Waals surface area contributed by atoms with Gasteiger partial charge in [-0.25, -0.2) is 0 Å². The summed E-state index contributed by atoms with van der Waals surface area (Å²) < 4.78 is 5.68. The lowest BCUT2D eigenvalue weighted by Crippen LogP contribution is -2.09. The molecule has 0 fully saturated rings. The van der Waals surface area contributed by atoms with Crippen molar-refractivity contribution in [3.05, 3.63) is 86.1 Å². The van der Waals surface area contributed by atoms with Crippen LogP contribution in [-0.2, 0) is 4.79 Å². The van der Waals surface area contributed by atoms with Gasteiger partial charge in [0.05, 0.1) is 10.6 Å². The minimum atomic E-state index is -0.516. The highest BCUT2D eigenvalue weighted by Gasteiger charge is 2.10. The number of nitro benzene ring substituents is 1. The summed E-state index contributed by atoms with van der Waals surface area (Å²) in [6.45, 7) is 1.75. The van der Waals surface area contributed by atoms with Gasteiger partial charge in [-0.1, -0.05) is 29.3 Å². The number of hydrogen-bond donors (Lipinski definition) is 1. The molecule has 28 heavy (non-hydrogen) atoms. The number of carbonyl (C=O) groups excluding carboxylic acids is 1. The van der Waals surface area contributed by atoms with E-state index in [4.69, 9.17) is 27.6 Å². The standard InChI is InChI=1S/C20H14Cl2N2O4/c1-12-2-3-16(24(26)27)11-18(12)23-20(25)7-5-17-4-6-19(28-17)13-8-14(21)10-15(22)9-13/h2-11H,1H3,(H,23,25)/b7-5+. The second-order valence-electron chi connectivity index (χ2n) is 5.94. The first-order chi connectivity index (χ1) is 13.3. The molecule has 3 rings (SSSR count). The van der Waals surface area contributed by atoms with Gasteiger partial charge in [-0.2, -0.15) is 0 Å². The summed E-state index contributed by atoms with van der Waals surface area (Å²) in [5.41, 5.74) is 1.71. The predicted molar refractivity (Wildman–Crippen MR) is 110 cm³/mol. The maximum Gasteiger partial charge on any atom is 0.271 e. The van der Waals surface area contributed by atoms with E-state index in [0.29, 0.717) is 38.4 Å². The largest absolute Gasteiger partial charge is 0.457 e. The molecule has 0 saturated heterocycles. The number of anilines is 1. The maximum absolute atomic E-state index is 12.1. The second-order valence-corrected chi connectivity index (χ2v) is 6.81. The molecular weight excluding hydrogens is 403 g/mol. The summed E-state index contributed by atoms with van der Waals surface area (Å²) in [5, 5.41) is 14.5. The average Bonchev–Trinajstić information content (AvgIpc) is 3.10. The molecule has 1 N–H and O–H groups in total. The third-order valence-electron chi connectivity index (χ3n) is 3.86. The molecule has 0 spiro atoms. The fourth-order valence-corrected chi connectivity index (χ4v) is 3.01.